The molecule has 1 aliphatic carbocycles. The van der Waals surface area contributed by atoms with Crippen molar-refractivity contribution in [3.63, 3.8) is 0 Å². The number of rotatable bonds is 5. The number of ether oxygens (including phenoxy) is 1. The molecule has 0 bridgehead atoms. The molecule has 2 fully saturated rings. The molecule has 3 nitrogen and oxygen atoms in total. The topological polar surface area (TPSA) is 24.5 Å². The fourth-order valence-electron chi connectivity index (χ4n) is 2.81. The first-order valence-corrected chi connectivity index (χ1v) is 7.83. The smallest absolute Gasteiger partial charge is 0.0635 e. The van der Waals surface area contributed by atoms with Crippen LogP contribution < -0.4 is 5.32 Å². The van der Waals surface area contributed by atoms with Crippen LogP contribution >= 0.6 is 0 Å². The van der Waals surface area contributed by atoms with E-state index >= 15 is 0 Å². The highest BCUT2D eigenvalue weighted by Gasteiger charge is 2.26. The number of nitrogens with one attached hydrogen (secondary N) is 1. The maximum Gasteiger partial charge on any atom is 0.0635 e. The van der Waals surface area contributed by atoms with Crippen LogP contribution in [-0.4, -0.2) is 43.3 Å². The van der Waals surface area contributed by atoms with E-state index in [1.807, 2.05) is 0 Å². The summed E-state index contributed by atoms with van der Waals surface area (Å²) in [6, 6.07) is 8.13. The van der Waals surface area contributed by atoms with E-state index in [1.165, 1.54) is 29.5 Å². The van der Waals surface area contributed by atoms with E-state index in [0.717, 1.165) is 38.9 Å². The standard InChI is InChI=1S/C17H26N2O/c1-13-3-4-15(9-14(13)2)11-19-7-8-20-12-17(19)10-18-16-5-6-16/h3-4,9,16-18H,5-8,10-12H2,1-2H3. The van der Waals surface area contributed by atoms with E-state index in [1.54, 1.807) is 0 Å². The molecule has 2 aliphatic rings. The zero-order chi connectivity index (χ0) is 13.9. The molecule has 1 heterocycles. The summed E-state index contributed by atoms with van der Waals surface area (Å²) in [4.78, 5) is 2.57. The van der Waals surface area contributed by atoms with Crippen LogP contribution in [-0.2, 0) is 11.3 Å². The number of nitrogens with zero attached hydrogens (tertiary/aromatic N) is 1. The van der Waals surface area contributed by atoms with Gasteiger partial charge in [-0.2, -0.15) is 0 Å². The first kappa shape index (κ1) is 14.1. The normalized spacial score (nSPS) is 24.0. The van der Waals surface area contributed by atoms with Crippen LogP contribution in [0.2, 0.25) is 0 Å². The summed E-state index contributed by atoms with van der Waals surface area (Å²) >= 11 is 0. The first-order valence-electron chi connectivity index (χ1n) is 7.83. The Morgan fingerprint density at radius 2 is 2.10 bits per heavy atom. The summed E-state index contributed by atoms with van der Waals surface area (Å²) in [5.41, 5.74) is 4.19. The Balaban J connectivity index is 1.61. The van der Waals surface area contributed by atoms with Gasteiger partial charge in [-0.1, -0.05) is 18.2 Å². The Bertz CT molecular complexity index is 456. The van der Waals surface area contributed by atoms with Crippen molar-refractivity contribution in [2.75, 3.05) is 26.3 Å². The molecule has 0 aromatic heterocycles. The van der Waals surface area contributed by atoms with Gasteiger partial charge in [0.2, 0.25) is 0 Å². The molecule has 0 amide bonds. The predicted molar refractivity (Wildman–Crippen MR) is 82.0 cm³/mol. The maximum absolute atomic E-state index is 5.66. The number of hydrogen-bond donors (Lipinski definition) is 1. The summed E-state index contributed by atoms with van der Waals surface area (Å²) in [5.74, 6) is 0. The second-order valence-electron chi connectivity index (χ2n) is 6.30. The molecule has 1 saturated carbocycles. The zero-order valence-electron chi connectivity index (χ0n) is 12.7. The van der Waals surface area contributed by atoms with E-state index in [2.05, 4.69) is 42.3 Å². The summed E-state index contributed by atoms with van der Waals surface area (Å²) in [5, 5.41) is 3.64. The Morgan fingerprint density at radius 1 is 1.25 bits per heavy atom. The van der Waals surface area contributed by atoms with Gasteiger partial charge in [0.05, 0.1) is 13.2 Å². The van der Waals surface area contributed by atoms with Gasteiger partial charge in [-0.25, -0.2) is 0 Å². The summed E-state index contributed by atoms with van der Waals surface area (Å²) in [6.07, 6.45) is 2.70. The molecule has 110 valence electrons. The lowest BCUT2D eigenvalue weighted by molar-refractivity contribution is -0.0110. The minimum absolute atomic E-state index is 0.519. The lowest BCUT2D eigenvalue weighted by Crippen LogP contribution is -2.50. The van der Waals surface area contributed by atoms with Crippen LogP contribution in [0.3, 0.4) is 0 Å². The van der Waals surface area contributed by atoms with Crippen molar-refractivity contribution in [3.8, 4) is 0 Å². The zero-order valence-corrected chi connectivity index (χ0v) is 12.7. The molecule has 3 rings (SSSR count). The Kier molecular flexibility index (Phi) is 4.39. The molecular weight excluding hydrogens is 248 g/mol. The Labute approximate surface area is 122 Å². The monoisotopic (exact) mass is 274 g/mol. The molecule has 20 heavy (non-hydrogen) atoms. The largest absolute Gasteiger partial charge is 0.378 e. The van der Waals surface area contributed by atoms with Gasteiger partial charge in [-0.05, 0) is 43.4 Å². The van der Waals surface area contributed by atoms with Crippen molar-refractivity contribution in [2.45, 2.75) is 45.3 Å². The van der Waals surface area contributed by atoms with Crippen LogP contribution in [0, 0.1) is 13.8 Å². The highest BCUT2D eigenvalue weighted by molar-refractivity contribution is 5.29. The van der Waals surface area contributed by atoms with Gasteiger partial charge in [-0.15, -0.1) is 0 Å². The first-order chi connectivity index (χ1) is 9.72. The van der Waals surface area contributed by atoms with Crippen LogP contribution in [0.5, 0.6) is 0 Å². The van der Waals surface area contributed by atoms with E-state index in [0.29, 0.717) is 6.04 Å². The van der Waals surface area contributed by atoms with Crippen molar-refractivity contribution in [2.24, 2.45) is 0 Å². The molecule has 0 radical (unpaired) electrons. The third-order valence-corrected chi connectivity index (χ3v) is 4.53. The quantitative estimate of drug-likeness (QED) is 0.891. The van der Waals surface area contributed by atoms with Gasteiger partial charge in [0.1, 0.15) is 0 Å². The van der Waals surface area contributed by atoms with Crippen molar-refractivity contribution in [3.05, 3.63) is 34.9 Å². The van der Waals surface area contributed by atoms with Gasteiger partial charge in [0.25, 0.3) is 0 Å². The van der Waals surface area contributed by atoms with Crippen LogP contribution in [0.15, 0.2) is 18.2 Å². The van der Waals surface area contributed by atoms with Crippen LogP contribution in [0.1, 0.15) is 29.5 Å². The molecule has 1 aromatic carbocycles. The van der Waals surface area contributed by atoms with Gasteiger partial charge >= 0.3 is 0 Å². The molecule has 1 atom stereocenters. The molecule has 1 aliphatic heterocycles. The molecule has 1 saturated heterocycles. The number of aryl methyl sites for hydroxylation is 2. The van der Waals surface area contributed by atoms with E-state index in [-0.39, 0.29) is 0 Å². The van der Waals surface area contributed by atoms with Gasteiger partial charge in [-0.3, -0.25) is 4.90 Å². The fraction of sp³-hybridized carbons (Fsp3) is 0.647. The maximum atomic E-state index is 5.66. The highest BCUT2D eigenvalue weighted by atomic mass is 16.5. The second-order valence-corrected chi connectivity index (χ2v) is 6.30. The lowest BCUT2D eigenvalue weighted by atomic mass is 10.1. The van der Waals surface area contributed by atoms with Crippen molar-refractivity contribution in [1.82, 2.24) is 10.2 Å². The fourth-order valence-corrected chi connectivity index (χ4v) is 2.81. The molecule has 3 heteroatoms. The van der Waals surface area contributed by atoms with Crippen LogP contribution in [0.25, 0.3) is 0 Å². The number of hydrogen-bond acceptors (Lipinski definition) is 3. The SMILES string of the molecule is Cc1ccc(CN2CCOCC2CNC2CC2)cc1C. The van der Waals surface area contributed by atoms with E-state index in [4.69, 9.17) is 4.74 Å². The average Bonchev–Trinajstić information content (AvgIpc) is 3.26. The number of benzene rings is 1. The van der Waals surface area contributed by atoms with Crippen LogP contribution in [0.4, 0.5) is 0 Å². The predicted octanol–water partition coefficient (Wildman–Crippen LogP) is 2.26. The van der Waals surface area contributed by atoms with Crippen molar-refractivity contribution >= 4 is 0 Å². The molecule has 1 unspecified atom stereocenters. The average molecular weight is 274 g/mol. The molecule has 1 N–H and O–H groups in total. The van der Waals surface area contributed by atoms with Gasteiger partial charge < -0.3 is 10.1 Å². The Hall–Kier alpha value is -0.900. The minimum atomic E-state index is 0.519. The number of morpholine rings is 1. The third-order valence-electron chi connectivity index (χ3n) is 4.53. The minimum Gasteiger partial charge on any atom is -0.378 e. The lowest BCUT2D eigenvalue weighted by Gasteiger charge is -2.36. The molecule has 0 spiro atoms. The highest BCUT2D eigenvalue weighted by Crippen LogP contribution is 2.20. The summed E-state index contributed by atoms with van der Waals surface area (Å²) < 4.78 is 5.66. The third kappa shape index (κ3) is 3.60. The van der Waals surface area contributed by atoms with Crippen molar-refractivity contribution in [1.29, 1.82) is 0 Å². The second kappa shape index (κ2) is 6.25. The van der Waals surface area contributed by atoms with Crippen molar-refractivity contribution < 1.29 is 4.74 Å². The Morgan fingerprint density at radius 3 is 2.85 bits per heavy atom. The van der Waals surface area contributed by atoms with Gasteiger partial charge in [0.15, 0.2) is 0 Å². The van der Waals surface area contributed by atoms with E-state index < -0.39 is 0 Å². The summed E-state index contributed by atoms with van der Waals surface area (Å²) in [7, 11) is 0. The molecular formula is C17H26N2O. The molecule has 1 aromatic rings. The summed E-state index contributed by atoms with van der Waals surface area (Å²) in [6.45, 7) is 9.26. The van der Waals surface area contributed by atoms with E-state index in [9.17, 15) is 0 Å². The van der Waals surface area contributed by atoms with Gasteiger partial charge in [0, 0.05) is 31.7 Å².